The van der Waals surface area contributed by atoms with Crippen LogP contribution in [0.15, 0.2) is 0 Å². The van der Waals surface area contributed by atoms with E-state index in [0.717, 1.165) is 0 Å². The van der Waals surface area contributed by atoms with Crippen molar-refractivity contribution in [3.63, 3.8) is 0 Å². The molecule has 1 aliphatic rings. The fourth-order valence-electron chi connectivity index (χ4n) is 0. The van der Waals surface area contributed by atoms with Gasteiger partial charge in [-0.2, -0.15) is 0 Å². The van der Waals surface area contributed by atoms with E-state index >= 15 is 0 Å². The van der Waals surface area contributed by atoms with E-state index in [1.807, 2.05) is 0 Å². The van der Waals surface area contributed by atoms with E-state index in [1.165, 1.54) is 0 Å². The molecule has 0 radical (unpaired) electrons. The second kappa shape index (κ2) is 4.54. The number of hydrazine groups is 1. The number of nitrogens with one attached hydrogen (secondary N) is 2. The Morgan fingerprint density at radius 3 is 1.40 bits per heavy atom. The Labute approximate surface area is 40.1 Å². The SMILES string of the molecule is C.O.[NH]1[NH][Pd]1. The van der Waals surface area contributed by atoms with Crippen LogP contribution in [0.3, 0.4) is 0 Å². The van der Waals surface area contributed by atoms with Gasteiger partial charge in [-0.25, -0.2) is 0 Å². The molecule has 4 N–H and O–H groups in total. The molecule has 1 rings (SSSR count). The molecular weight excluding hydrogens is 162 g/mol. The van der Waals surface area contributed by atoms with Crippen LogP contribution in [-0.2, 0) is 18.5 Å². The van der Waals surface area contributed by atoms with Crippen molar-refractivity contribution in [2.45, 2.75) is 7.43 Å². The molecule has 0 unspecified atom stereocenters. The number of hydrogen-bond acceptors (Lipinski definition) is 2. The van der Waals surface area contributed by atoms with Crippen LogP contribution in [0.4, 0.5) is 0 Å². The second-order valence-electron chi connectivity index (χ2n) is 0.237. The Kier molecular flexibility index (Phi) is 8.28. The first-order valence-electron chi connectivity index (χ1n) is 0.566. The van der Waals surface area contributed by atoms with Gasteiger partial charge in [0.15, 0.2) is 0 Å². The molecule has 0 spiro atoms. The van der Waals surface area contributed by atoms with Crippen LogP contribution >= 0.6 is 0 Å². The summed E-state index contributed by atoms with van der Waals surface area (Å²) in [4.78, 5) is 0. The Bertz CT molecular complexity index is 14.4. The third-order valence-electron chi connectivity index (χ3n) is 0.0791. The summed E-state index contributed by atoms with van der Waals surface area (Å²) in [6.45, 7) is 0. The van der Waals surface area contributed by atoms with Gasteiger partial charge in [0, 0.05) is 0 Å². The summed E-state index contributed by atoms with van der Waals surface area (Å²) in [5, 5.41) is 0. The average molecular weight is 171 g/mol. The van der Waals surface area contributed by atoms with Crippen molar-refractivity contribution in [3.8, 4) is 0 Å². The Hall–Kier alpha value is 0.542. The number of rotatable bonds is 0. The van der Waals surface area contributed by atoms with Gasteiger partial charge in [-0.05, 0) is 0 Å². The van der Waals surface area contributed by atoms with Gasteiger partial charge in [0.05, 0.1) is 0 Å². The molecule has 4 heteroatoms. The Balaban J connectivity index is 0. The number of hydrogen-bond donors (Lipinski definition) is 2. The average Bonchev–Trinajstić information content (AvgIpc) is 1.46. The van der Waals surface area contributed by atoms with E-state index in [1.54, 1.807) is 0 Å². The first-order chi connectivity index (χ1) is 1.50. The topological polar surface area (TPSA) is 75.4 Å². The van der Waals surface area contributed by atoms with E-state index in [0.29, 0.717) is 18.5 Å². The van der Waals surface area contributed by atoms with Crippen molar-refractivity contribution in [1.29, 1.82) is 0 Å². The molecule has 1 saturated heterocycles. The van der Waals surface area contributed by atoms with Crippen LogP contribution in [0.2, 0.25) is 0 Å². The van der Waals surface area contributed by atoms with Crippen molar-refractivity contribution in [2.75, 3.05) is 0 Å². The third-order valence-corrected chi connectivity index (χ3v) is 0.468. The minimum atomic E-state index is 0. The predicted molar refractivity (Wildman–Crippen MR) is 16.6 cm³/mol. The van der Waals surface area contributed by atoms with Gasteiger partial charge in [0.2, 0.25) is 0 Å². The molecule has 0 amide bonds. The van der Waals surface area contributed by atoms with Crippen LogP contribution in [0.1, 0.15) is 7.43 Å². The van der Waals surface area contributed by atoms with Gasteiger partial charge in [0.1, 0.15) is 0 Å². The molecule has 5 heavy (non-hydrogen) atoms. The summed E-state index contributed by atoms with van der Waals surface area (Å²) in [5.74, 6) is 0. The first kappa shape index (κ1) is 9.11. The van der Waals surface area contributed by atoms with Crippen LogP contribution in [0, 0.1) is 0 Å². The van der Waals surface area contributed by atoms with E-state index < -0.39 is 0 Å². The minimum absolute atomic E-state index is 0. The molecule has 0 saturated carbocycles. The molecule has 0 aromatic rings. The monoisotopic (exact) mass is 170 g/mol. The summed E-state index contributed by atoms with van der Waals surface area (Å²) in [5.41, 5.74) is 0. The van der Waals surface area contributed by atoms with Gasteiger partial charge in [-0.1, -0.05) is 7.43 Å². The summed E-state index contributed by atoms with van der Waals surface area (Å²) in [6, 6.07) is 0. The summed E-state index contributed by atoms with van der Waals surface area (Å²) in [6.07, 6.45) is 0. The van der Waals surface area contributed by atoms with Crippen molar-refractivity contribution in [2.24, 2.45) is 0 Å². The zero-order chi connectivity index (χ0) is 2.12. The van der Waals surface area contributed by atoms with Gasteiger partial charge in [-0.15, -0.1) is 0 Å². The zero-order valence-corrected chi connectivity index (χ0v) is 3.37. The quantitative estimate of drug-likeness (QED) is 0.355. The molecule has 38 valence electrons. The molecule has 0 aromatic carbocycles. The van der Waals surface area contributed by atoms with Gasteiger partial charge in [-0.3, -0.25) is 0 Å². The molecule has 0 bridgehead atoms. The molecule has 3 nitrogen and oxygen atoms in total. The van der Waals surface area contributed by atoms with Crippen molar-refractivity contribution >= 4 is 0 Å². The maximum atomic E-state index is 2.80. The molecule has 1 aliphatic heterocycles. The molecule has 0 aromatic heterocycles. The first-order valence-corrected chi connectivity index (χ1v) is 2.12. The predicted octanol–water partition coefficient (Wildman–Crippen LogP) is -1.18. The van der Waals surface area contributed by atoms with Crippen LogP contribution in [-0.4, -0.2) is 5.48 Å². The normalized spacial score (nSPS) is 16.0. The molecular formula is CH8N2OPd. The van der Waals surface area contributed by atoms with Crippen LogP contribution < -0.4 is 8.12 Å². The Morgan fingerprint density at radius 2 is 1.40 bits per heavy atom. The van der Waals surface area contributed by atoms with E-state index in [2.05, 4.69) is 8.12 Å². The molecule has 1 fully saturated rings. The Morgan fingerprint density at radius 1 is 1.20 bits per heavy atom. The summed E-state index contributed by atoms with van der Waals surface area (Å²) >= 11 is 0.700. The second-order valence-corrected chi connectivity index (χ2v) is 1.40. The van der Waals surface area contributed by atoms with E-state index in [-0.39, 0.29) is 12.9 Å². The van der Waals surface area contributed by atoms with Gasteiger partial charge < -0.3 is 5.48 Å². The van der Waals surface area contributed by atoms with Crippen LogP contribution in [0.5, 0.6) is 0 Å². The van der Waals surface area contributed by atoms with E-state index in [4.69, 9.17) is 0 Å². The molecule has 0 aliphatic carbocycles. The maximum absolute atomic E-state index is 2.80. The molecule has 0 atom stereocenters. The van der Waals surface area contributed by atoms with Crippen molar-refractivity contribution in [1.82, 2.24) is 8.12 Å². The zero-order valence-electron chi connectivity index (χ0n) is 1.82. The standard InChI is InChI=1S/CH4.H2N2.H2O.Pd/c;1-2;;/h1H4;1-2H;1H2;/q;-2;;+2. The van der Waals surface area contributed by atoms with Crippen molar-refractivity contribution < 1.29 is 23.9 Å². The summed E-state index contributed by atoms with van der Waals surface area (Å²) in [7, 11) is 0. The van der Waals surface area contributed by atoms with Crippen LogP contribution in [0.25, 0.3) is 0 Å². The van der Waals surface area contributed by atoms with Gasteiger partial charge in [0.25, 0.3) is 0 Å². The molecule has 1 heterocycles. The fraction of sp³-hybridized carbons (Fsp3) is 1.00. The van der Waals surface area contributed by atoms with Crippen molar-refractivity contribution in [3.05, 3.63) is 0 Å². The summed E-state index contributed by atoms with van der Waals surface area (Å²) < 4.78 is 5.60. The third kappa shape index (κ3) is 12.3. The fourth-order valence-corrected chi connectivity index (χ4v) is 0. The van der Waals surface area contributed by atoms with E-state index in [9.17, 15) is 0 Å². The van der Waals surface area contributed by atoms with Gasteiger partial charge >= 0.3 is 26.6 Å².